The maximum absolute atomic E-state index is 5.81. The number of halogens is 1. The molecule has 2 aromatic carbocycles. The molecule has 0 saturated carbocycles. The minimum absolute atomic E-state index is 0.587. The topological polar surface area (TPSA) is 44.5 Å². The number of benzene rings is 2. The highest BCUT2D eigenvalue weighted by Gasteiger charge is 2.02. The molecule has 0 radical (unpaired) electrons. The molecule has 2 rings (SSSR count). The highest BCUT2D eigenvalue weighted by atomic mass is 35.5. The van der Waals surface area contributed by atoms with E-state index in [1.54, 1.807) is 42.5 Å². The van der Waals surface area contributed by atoms with Crippen LogP contribution in [0.2, 0.25) is 5.02 Å². The van der Waals surface area contributed by atoms with Crippen molar-refractivity contribution in [2.75, 3.05) is 12.3 Å². The van der Waals surface area contributed by atoms with Gasteiger partial charge in [-0.3, -0.25) is 0 Å². The molecule has 0 amide bonds. The number of nitrogens with two attached hydrogens (primary N) is 1. The van der Waals surface area contributed by atoms with Gasteiger partial charge in [-0.25, -0.2) is 0 Å². The fourth-order valence-electron chi connectivity index (χ4n) is 1.54. The molecule has 0 aliphatic rings. The van der Waals surface area contributed by atoms with Gasteiger partial charge < -0.3 is 15.2 Å². The third-order valence-electron chi connectivity index (χ3n) is 2.26. The van der Waals surface area contributed by atoms with Crippen molar-refractivity contribution >= 4 is 17.3 Å². The van der Waals surface area contributed by atoms with Crippen molar-refractivity contribution < 1.29 is 9.47 Å². The molecule has 2 N–H and O–H groups in total. The molecule has 3 nitrogen and oxygen atoms in total. The van der Waals surface area contributed by atoms with Crippen LogP contribution < -0.4 is 15.2 Å². The lowest BCUT2D eigenvalue weighted by Gasteiger charge is -2.09. The summed E-state index contributed by atoms with van der Waals surface area (Å²) in [5, 5.41) is 0.671. The van der Waals surface area contributed by atoms with Crippen LogP contribution in [0, 0.1) is 0 Å². The van der Waals surface area contributed by atoms with E-state index in [0.717, 1.165) is 0 Å². The highest BCUT2D eigenvalue weighted by molar-refractivity contribution is 6.30. The first-order chi connectivity index (χ1) is 8.67. The van der Waals surface area contributed by atoms with Gasteiger partial charge in [0.05, 0.1) is 6.61 Å². The monoisotopic (exact) mass is 263 g/mol. The van der Waals surface area contributed by atoms with Gasteiger partial charge >= 0.3 is 0 Å². The Bertz CT molecular complexity index is 526. The molecule has 0 aliphatic carbocycles. The summed E-state index contributed by atoms with van der Waals surface area (Å²) in [6.07, 6.45) is 0. The van der Waals surface area contributed by atoms with E-state index in [4.69, 9.17) is 26.8 Å². The van der Waals surface area contributed by atoms with Crippen molar-refractivity contribution in [3.8, 4) is 17.2 Å². The largest absolute Gasteiger partial charge is 0.494 e. The molecule has 18 heavy (non-hydrogen) atoms. The summed E-state index contributed by atoms with van der Waals surface area (Å²) in [6, 6.07) is 12.4. The lowest BCUT2D eigenvalue weighted by Crippen LogP contribution is -1.94. The fourth-order valence-corrected chi connectivity index (χ4v) is 1.67. The van der Waals surface area contributed by atoms with Crippen molar-refractivity contribution in [2.45, 2.75) is 6.92 Å². The van der Waals surface area contributed by atoms with Gasteiger partial charge in [-0.15, -0.1) is 0 Å². The van der Waals surface area contributed by atoms with E-state index in [0.29, 0.717) is 34.6 Å². The van der Waals surface area contributed by atoms with Crippen molar-refractivity contribution in [1.29, 1.82) is 0 Å². The maximum atomic E-state index is 5.81. The Morgan fingerprint density at radius 3 is 2.33 bits per heavy atom. The van der Waals surface area contributed by atoms with Gasteiger partial charge in [0.25, 0.3) is 0 Å². The molecule has 4 heteroatoms. The molecule has 0 bridgehead atoms. The SMILES string of the molecule is CCOc1cc(N)cc(Oc2ccc(Cl)cc2)c1. The standard InChI is InChI=1S/C14H14ClNO2/c1-2-17-13-7-11(16)8-14(9-13)18-12-5-3-10(15)4-6-12/h3-9H,2,16H2,1H3. The van der Waals surface area contributed by atoms with Crippen LogP contribution in [0.3, 0.4) is 0 Å². The van der Waals surface area contributed by atoms with Gasteiger partial charge in [0.1, 0.15) is 17.2 Å². The summed E-state index contributed by atoms with van der Waals surface area (Å²) in [4.78, 5) is 0. The zero-order valence-corrected chi connectivity index (χ0v) is 10.8. The molecule has 2 aromatic rings. The predicted octanol–water partition coefficient (Wildman–Crippen LogP) is 4.11. The molecule has 0 spiro atoms. The molecule has 94 valence electrons. The van der Waals surface area contributed by atoms with E-state index in [1.165, 1.54) is 0 Å². The Morgan fingerprint density at radius 2 is 1.67 bits per heavy atom. The van der Waals surface area contributed by atoms with E-state index in [1.807, 2.05) is 6.92 Å². The molecule has 0 fully saturated rings. The summed E-state index contributed by atoms with van der Waals surface area (Å²) in [5.74, 6) is 2.04. The first-order valence-electron chi connectivity index (χ1n) is 5.64. The van der Waals surface area contributed by atoms with E-state index < -0.39 is 0 Å². The zero-order valence-electron chi connectivity index (χ0n) is 10.0. The minimum Gasteiger partial charge on any atom is -0.494 e. The van der Waals surface area contributed by atoms with Crippen LogP contribution in [0.1, 0.15) is 6.92 Å². The van der Waals surface area contributed by atoms with Crippen LogP contribution in [0.15, 0.2) is 42.5 Å². The maximum Gasteiger partial charge on any atom is 0.133 e. The second-order valence-corrected chi connectivity index (χ2v) is 4.16. The molecule has 0 atom stereocenters. The summed E-state index contributed by atoms with van der Waals surface area (Å²) >= 11 is 5.81. The molecular weight excluding hydrogens is 250 g/mol. The van der Waals surface area contributed by atoms with Crippen LogP contribution in [0.4, 0.5) is 5.69 Å². The smallest absolute Gasteiger partial charge is 0.133 e. The highest BCUT2D eigenvalue weighted by Crippen LogP contribution is 2.29. The fraction of sp³-hybridized carbons (Fsp3) is 0.143. The number of ether oxygens (including phenoxy) is 2. The zero-order chi connectivity index (χ0) is 13.0. The Kier molecular flexibility index (Phi) is 3.95. The first kappa shape index (κ1) is 12.6. The van der Waals surface area contributed by atoms with Crippen LogP contribution in [0.25, 0.3) is 0 Å². The second kappa shape index (κ2) is 5.65. The average molecular weight is 264 g/mol. The molecule has 0 aliphatic heterocycles. The summed E-state index contributed by atoms with van der Waals surface area (Å²) in [5.41, 5.74) is 6.39. The lowest BCUT2D eigenvalue weighted by molar-refractivity contribution is 0.338. The van der Waals surface area contributed by atoms with Crippen molar-refractivity contribution in [3.05, 3.63) is 47.5 Å². The number of rotatable bonds is 4. The molecule has 0 aromatic heterocycles. The van der Waals surface area contributed by atoms with E-state index in [9.17, 15) is 0 Å². The van der Waals surface area contributed by atoms with Gasteiger partial charge in [0, 0.05) is 28.9 Å². The summed E-state index contributed by atoms with van der Waals surface area (Å²) in [6.45, 7) is 2.51. The van der Waals surface area contributed by atoms with E-state index in [-0.39, 0.29) is 0 Å². The van der Waals surface area contributed by atoms with Gasteiger partial charge in [0.15, 0.2) is 0 Å². The molecule has 0 heterocycles. The van der Waals surface area contributed by atoms with Crippen LogP contribution in [0.5, 0.6) is 17.2 Å². The number of nitrogen functional groups attached to an aromatic ring is 1. The van der Waals surface area contributed by atoms with Gasteiger partial charge in [-0.1, -0.05) is 11.6 Å². The third-order valence-corrected chi connectivity index (χ3v) is 2.51. The van der Waals surface area contributed by atoms with Crippen molar-refractivity contribution in [3.63, 3.8) is 0 Å². The number of anilines is 1. The Labute approximate surface area is 111 Å². The van der Waals surface area contributed by atoms with E-state index in [2.05, 4.69) is 0 Å². The predicted molar refractivity (Wildman–Crippen MR) is 73.5 cm³/mol. The first-order valence-corrected chi connectivity index (χ1v) is 6.02. The van der Waals surface area contributed by atoms with Gasteiger partial charge in [-0.05, 0) is 31.2 Å². The second-order valence-electron chi connectivity index (χ2n) is 3.73. The van der Waals surface area contributed by atoms with Crippen molar-refractivity contribution in [2.24, 2.45) is 0 Å². The van der Waals surface area contributed by atoms with Crippen LogP contribution in [-0.4, -0.2) is 6.61 Å². The summed E-state index contributed by atoms with van der Waals surface area (Å²) < 4.78 is 11.1. The van der Waals surface area contributed by atoms with E-state index >= 15 is 0 Å². The normalized spacial score (nSPS) is 10.1. The van der Waals surface area contributed by atoms with Gasteiger partial charge in [-0.2, -0.15) is 0 Å². The molecular formula is C14H14ClNO2. The third kappa shape index (κ3) is 3.31. The minimum atomic E-state index is 0.587. The lowest BCUT2D eigenvalue weighted by atomic mass is 10.3. The molecule has 0 unspecified atom stereocenters. The Balaban J connectivity index is 2.20. The van der Waals surface area contributed by atoms with Gasteiger partial charge in [0.2, 0.25) is 0 Å². The average Bonchev–Trinajstić information content (AvgIpc) is 2.32. The number of hydrogen-bond donors (Lipinski definition) is 1. The number of hydrogen-bond acceptors (Lipinski definition) is 3. The van der Waals surface area contributed by atoms with Crippen molar-refractivity contribution in [1.82, 2.24) is 0 Å². The quantitative estimate of drug-likeness (QED) is 0.844. The summed E-state index contributed by atoms with van der Waals surface area (Å²) in [7, 11) is 0. The van der Waals surface area contributed by atoms with Crippen LogP contribution >= 0.6 is 11.6 Å². The Morgan fingerprint density at radius 1 is 1.00 bits per heavy atom. The van der Waals surface area contributed by atoms with Crippen LogP contribution in [-0.2, 0) is 0 Å². The Hall–Kier alpha value is -1.87. The molecule has 0 saturated heterocycles.